The molecule has 5 aromatic carbocycles. The van der Waals surface area contributed by atoms with Gasteiger partial charge >= 0.3 is 6.09 Å². The second-order valence-electron chi connectivity index (χ2n) is 9.81. The summed E-state index contributed by atoms with van der Waals surface area (Å²) in [5.74, 6) is 0.376. The van der Waals surface area contributed by atoms with Gasteiger partial charge in [-0.1, -0.05) is 115 Å². The fraction of sp³-hybridized carbons (Fsp3) is 0.111. The first-order valence-corrected chi connectivity index (χ1v) is 13.8. The van der Waals surface area contributed by atoms with E-state index in [9.17, 15) is 9.59 Å². The Morgan fingerprint density at radius 1 is 0.571 bits per heavy atom. The molecule has 0 fully saturated rings. The van der Waals surface area contributed by atoms with Crippen molar-refractivity contribution in [2.45, 2.75) is 25.7 Å². The fourth-order valence-electron chi connectivity index (χ4n) is 4.42. The van der Waals surface area contributed by atoms with Crippen molar-refractivity contribution >= 4 is 17.7 Å². The van der Waals surface area contributed by atoms with Crippen LogP contribution in [0.25, 0.3) is 11.1 Å². The van der Waals surface area contributed by atoms with Crippen molar-refractivity contribution in [1.29, 1.82) is 0 Å². The Hall–Kier alpha value is -5.36. The minimum Gasteiger partial charge on any atom is -0.489 e. The molecule has 210 valence electrons. The number of benzene rings is 5. The molecule has 1 atom stereocenters. The number of hydrogen-bond acceptors (Lipinski definition) is 4. The van der Waals surface area contributed by atoms with Crippen LogP contribution in [-0.2, 0) is 29.2 Å². The van der Waals surface area contributed by atoms with E-state index in [0.29, 0.717) is 12.3 Å². The number of nitrogens with one attached hydrogen (secondary N) is 2. The number of amides is 2. The van der Waals surface area contributed by atoms with Crippen molar-refractivity contribution < 1.29 is 19.1 Å². The Bertz CT molecular complexity index is 1560. The van der Waals surface area contributed by atoms with E-state index >= 15 is 0 Å². The third-order valence-electron chi connectivity index (χ3n) is 6.69. The maximum Gasteiger partial charge on any atom is 0.408 e. The molecule has 5 rings (SSSR count). The summed E-state index contributed by atoms with van der Waals surface area (Å²) in [6.07, 6.45) is -0.394. The average Bonchev–Trinajstić information content (AvgIpc) is 3.05. The smallest absolute Gasteiger partial charge is 0.408 e. The summed E-state index contributed by atoms with van der Waals surface area (Å²) in [6, 6.07) is 43.6. The lowest BCUT2D eigenvalue weighted by atomic mass is 10.0. The maximum absolute atomic E-state index is 13.4. The number of alkyl carbamates (subject to hydrolysis) is 1. The highest BCUT2D eigenvalue weighted by Crippen LogP contribution is 2.21. The largest absolute Gasteiger partial charge is 0.489 e. The summed E-state index contributed by atoms with van der Waals surface area (Å²) in [7, 11) is 0. The lowest BCUT2D eigenvalue weighted by Crippen LogP contribution is -2.45. The van der Waals surface area contributed by atoms with Crippen LogP contribution in [0.1, 0.15) is 16.7 Å². The van der Waals surface area contributed by atoms with Gasteiger partial charge in [-0.15, -0.1) is 0 Å². The molecular formula is C36H32N2O4. The summed E-state index contributed by atoms with van der Waals surface area (Å²) in [6.45, 7) is 0.568. The van der Waals surface area contributed by atoms with Gasteiger partial charge in [-0.25, -0.2) is 4.79 Å². The first kappa shape index (κ1) is 28.2. The van der Waals surface area contributed by atoms with Gasteiger partial charge in [0.05, 0.1) is 0 Å². The third-order valence-corrected chi connectivity index (χ3v) is 6.69. The van der Waals surface area contributed by atoms with E-state index in [1.165, 1.54) is 0 Å². The van der Waals surface area contributed by atoms with Gasteiger partial charge in [-0.2, -0.15) is 0 Å². The summed E-state index contributed by atoms with van der Waals surface area (Å²) >= 11 is 0. The highest BCUT2D eigenvalue weighted by molar-refractivity contribution is 5.97. The monoisotopic (exact) mass is 556 g/mol. The van der Waals surface area contributed by atoms with E-state index in [1.807, 2.05) is 140 Å². The molecule has 0 radical (unpaired) electrons. The molecule has 0 aromatic heterocycles. The van der Waals surface area contributed by atoms with Crippen LogP contribution in [0.5, 0.6) is 5.75 Å². The van der Waals surface area contributed by atoms with Crippen molar-refractivity contribution in [3.63, 3.8) is 0 Å². The Morgan fingerprint density at radius 2 is 1.12 bits per heavy atom. The molecule has 0 spiro atoms. The SMILES string of the molecule is O=C(N[C@H](Cc1ccc(OCc2ccccc2)cc1)C(=O)Nc1ccc(-c2ccccc2)cc1)OCc1ccccc1. The molecule has 0 aliphatic heterocycles. The second-order valence-corrected chi connectivity index (χ2v) is 9.81. The maximum atomic E-state index is 13.4. The standard InChI is InChI=1S/C36H32N2O4/c39-35(37-32-20-18-31(19-21-32)30-14-8-3-9-15-30)34(38-36(40)42-26-29-12-6-2-7-13-29)24-27-16-22-33(23-17-27)41-25-28-10-4-1-5-11-28/h1-23,34H,24-26H2,(H,37,39)(H,38,40)/t34-/m1/s1. The fourth-order valence-corrected chi connectivity index (χ4v) is 4.42. The Morgan fingerprint density at radius 3 is 1.74 bits per heavy atom. The number of hydrogen-bond donors (Lipinski definition) is 2. The topological polar surface area (TPSA) is 76.7 Å². The molecule has 0 aliphatic carbocycles. The van der Waals surface area contributed by atoms with Crippen LogP contribution in [0.3, 0.4) is 0 Å². The first-order valence-electron chi connectivity index (χ1n) is 13.8. The van der Waals surface area contributed by atoms with Gasteiger partial charge in [0.2, 0.25) is 5.91 Å². The van der Waals surface area contributed by atoms with Gasteiger partial charge in [0.25, 0.3) is 0 Å². The van der Waals surface area contributed by atoms with Gasteiger partial charge in [0.15, 0.2) is 0 Å². The van der Waals surface area contributed by atoms with Crippen LogP contribution in [0.4, 0.5) is 10.5 Å². The van der Waals surface area contributed by atoms with E-state index in [4.69, 9.17) is 9.47 Å². The van der Waals surface area contributed by atoms with Gasteiger partial charge in [0.1, 0.15) is 25.0 Å². The van der Waals surface area contributed by atoms with Crippen LogP contribution in [0, 0.1) is 0 Å². The van der Waals surface area contributed by atoms with Crippen molar-refractivity contribution in [1.82, 2.24) is 5.32 Å². The third kappa shape index (κ3) is 8.32. The minimum atomic E-state index is -0.863. The van der Waals surface area contributed by atoms with E-state index in [2.05, 4.69) is 10.6 Å². The lowest BCUT2D eigenvalue weighted by Gasteiger charge is -2.19. The molecule has 0 aliphatic rings. The normalized spacial score (nSPS) is 11.2. The number of carbonyl (C=O) groups excluding carboxylic acids is 2. The zero-order valence-electron chi connectivity index (χ0n) is 23.1. The Labute approximate surface area is 245 Å². The molecule has 42 heavy (non-hydrogen) atoms. The van der Waals surface area contributed by atoms with Gasteiger partial charge in [-0.05, 0) is 52.1 Å². The van der Waals surface area contributed by atoms with Crippen LogP contribution in [0.2, 0.25) is 0 Å². The predicted molar refractivity (Wildman–Crippen MR) is 165 cm³/mol. The number of carbonyl (C=O) groups is 2. The Kier molecular flexibility index (Phi) is 9.61. The van der Waals surface area contributed by atoms with Crippen LogP contribution in [-0.4, -0.2) is 18.0 Å². The van der Waals surface area contributed by atoms with Crippen LogP contribution >= 0.6 is 0 Å². The molecule has 6 nitrogen and oxygen atoms in total. The van der Waals surface area contributed by atoms with Crippen molar-refractivity contribution in [3.05, 3.63) is 156 Å². The highest BCUT2D eigenvalue weighted by Gasteiger charge is 2.22. The average molecular weight is 557 g/mol. The molecule has 0 heterocycles. The predicted octanol–water partition coefficient (Wildman–Crippen LogP) is 7.41. The number of ether oxygens (including phenoxy) is 2. The number of anilines is 1. The van der Waals surface area contributed by atoms with E-state index in [0.717, 1.165) is 33.6 Å². The van der Waals surface area contributed by atoms with Crippen LogP contribution < -0.4 is 15.4 Å². The second kappa shape index (κ2) is 14.3. The summed E-state index contributed by atoms with van der Waals surface area (Å²) in [5, 5.41) is 5.69. The van der Waals surface area contributed by atoms with Crippen molar-refractivity contribution in [2.75, 3.05) is 5.32 Å². The molecule has 0 saturated carbocycles. The first-order chi connectivity index (χ1) is 20.6. The summed E-state index contributed by atoms with van der Waals surface area (Å²) < 4.78 is 11.3. The summed E-state index contributed by atoms with van der Waals surface area (Å²) in [4.78, 5) is 26.1. The molecule has 2 N–H and O–H groups in total. The minimum absolute atomic E-state index is 0.107. The van der Waals surface area contributed by atoms with Crippen LogP contribution in [0.15, 0.2) is 140 Å². The molecule has 6 heteroatoms. The van der Waals surface area contributed by atoms with Crippen molar-refractivity contribution in [3.8, 4) is 16.9 Å². The lowest BCUT2D eigenvalue weighted by molar-refractivity contribution is -0.118. The van der Waals surface area contributed by atoms with E-state index in [-0.39, 0.29) is 18.9 Å². The van der Waals surface area contributed by atoms with Gasteiger partial charge in [0, 0.05) is 12.1 Å². The zero-order valence-corrected chi connectivity index (χ0v) is 23.1. The van der Waals surface area contributed by atoms with Gasteiger partial charge in [-0.3, -0.25) is 4.79 Å². The molecule has 0 bridgehead atoms. The molecular weight excluding hydrogens is 524 g/mol. The van der Waals surface area contributed by atoms with E-state index in [1.54, 1.807) is 0 Å². The number of rotatable bonds is 11. The molecule has 5 aromatic rings. The van der Waals surface area contributed by atoms with E-state index < -0.39 is 12.1 Å². The molecule has 2 amide bonds. The van der Waals surface area contributed by atoms with Crippen molar-refractivity contribution in [2.24, 2.45) is 0 Å². The highest BCUT2D eigenvalue weighted by atomic mass is 16.5. The Balaban J connectivity index is 1.24. The molecule has 0 saturated heterocycles. The summed E-state index contributed by atoms with van der Waals surface area (Å²) in [5.41, 5.74) is 5.57. The zero-order chi connectivity index (χ0) is 29.0. The molecule has 0 unspecified atom stereocenters. The van der Waals surface area contributed by atoms with Gasteiger partial charge < -0.3 is 20.1 Å². The quantitative estimate of drug-likeness (QED) is 0.178.